The minimum atomic E-state index is -0.128. The van der Waals surface area contributed by atoms with Crippen molar-refractivity contribution in [1.82, 2.24) is 15.5 Å². The van der Waals surface area contributed by atoms with E-state index in [-0.39, 0.29) is 5.91 Å². The zero-order valence-electron chi connectivity index (χ0n) is 20.9. The van der Waals surface area contributed by atoms with Crippen LogP contribution >= 0.6 is 11.6 Å². The lowest BCUT2D eigenvalue weighted by Crippen LogP contribution is -2.25. The number of alkyl halides is 1. The normalized spacial score (nSPS) is 15.1. The van der Waals surface area contributed by atoms with E-state index in [0.717, 1.165) is 33.9 Å². The fourth-order valence-corrected chi connectivity index (χ4v) is 3.47. The van der Waals surface area contributed by atoms with Crippen LogP contribution in [0.15, 0.2) is 120 Å². The second-order valence-corrected chi connectivity index (χ2v) is 7.91. The summed E-state index contributed by atoms with van der Waals surface area (Å²) in [6.45, 7) is 10.7. The Hall–Kier alpha value is -3.70. The molecule has 1 amide bonds. The Balaban J connectivity index is 2.15. The highest BCUT2D eigenvalue weighted by atomic mass is 35.5. The van der Waals surface area contributed by atoms with Gasteiger partial charge in [0.25, 0.3) is 5.91 Å². The summed E-state index contributed by atoms with van der Waals surface area (Å²) in [6, 6.07) is 7.39. The van der Waals surface area contributed by atoms with Gasteiger partial charge in [-0.15, -0.1) is 11.6 Å². The number of benzene rings is 1. The molecule has 2 rings (SSSR count). The first kappa shape index (κ1) is 27.5. The quantitative estimate of drug-likeness (QED) is 0.249. The monoisotopic (exact) mass is 490 g/mol. The SMILES string of the molecule is C=C1C(Nc2ccc(C(=O)NCC(/C=C\CCl)=C/C)cc2)=CC=C(C(/C=C\NC)=C/C)N1/C=C\C. The van der Waals surface area contributed by atoms with Crippen LogP contribution in [0.4, 0.5) is 5.69 Å². The number of nitrogens with one attached hydrogen (secondary N) is 3. The summed E-state index contributed by atoms with van der Waals surface area (Å²) in [5.74, 6) is 0.313. The molecule has 1 heterocycles. The third-order valence-electron chi connectivity index (χ3n) is 5.27. The summed E-state index contributed by atoms with van der Waals surface area (Å²) >= 11 is 5.69. The molecule has 6 heteroatoms. The number of rotatable bonds is 11. The van der Waals surface area contributed by atoms with Gasteiger partial charge in [0.05, 0.1) is 17.1 Å². The van der Waals surface area contributed by atoms with Crippen molar-refractivity contribution in [3.8, 4) is 0 Å². The van der Waals surface area contributed by atoms with Crippen LogP contribution in [0, 0.1) is 0 Å². The second kappa shape index (κ2) is 14.5. The molecule has 1 aliphatic heterocycles. The summed E-state index contributed by atoms with van der Waals surface area (Å²) in [5.41, 5.74) is 6.26. The lowest BCUT2D eigenvalue weighted by Gasteiger charge is -2.31. The van der Waals surface area contributed by atoms with Crippen LogP contribution in [0.1, 0.15) is 31.1 Å². The Bertz CT molecular complexity index is 1100. The van der Waals surface area contributed by atoms with Crippen LogP contribution in [-0.4, -0.2) is 30.3 Å². The van der Waals surface area contributed by atoms with Crippen molar-refractivity contribution in [3.63, 3.8) is 0 Å². The number of anilines is 1. The molecular formula is C29H35ClN4O. The number of carbonyl (C=O) groups is 1. The van der Waals surface area contributed by atoms with Crippen molar-refractivity contribution in [2.45, 2.75) is 20.8 Å². The predicted molar refractivity (Wildman–Crippen MR) is 150 cm³/mol. The highest BCUT2D eigenvalue weighted by Gasteiger charge is 2.20. The van der Waals surface area contributed by atoms with Crippen LogP contribution in [-0.2, 0) is 0 Å². The number of nitrogens with zero attached hydrogens (tertiary/aromatic N) is 1. The van der Waals surface area contributed by atoms with Gasteiger partial charge in [0.2, 0.25) is 0 Å². The first-order valence-electron chi connectivity index (χ1n) is 11.6. The standard InChI is InChI=1S/C29H35ClN4O/c1-6-20-34-22(4)27(15-16-28(34)24(8-3)17-19-31-5)33-26-13-11-25(12-14-26)29(35)32-21-23(7-2)10-9-18-30/h6-17,19-20,31,33H,4,18,21H2,1-3,5H3,(H,32,35)/b10-9-,19-17-,20-6-,23-7+,24-8+. The number of halogens is 1. The number of amides is 1. The summed E-state index contributed by atoms with van der Waals surface area (Å²) in [6.07, 6.45) is 19.8. The number of hydrogen-bond acceptors (Lipinski definition) is 4. The Labute approximate surface area is 214 Å². The van der Waals surface area contributed by atoms with E-state index in [1.165, 1.54) is 0 Å². The molecule has 0 atom stereocenters. The predicted octanol–water partition coefficient (Wildman–Crippen LogP) is 6.38. The number of hydrogen-bond donors (Lipinski definition) is 3. The van der Waals surface area contributed by atoms with Crippen LogP contribution in [0.2, 0.25) is 0 Å². The molecule has 0 radical (unpaired) electrons. The van der Waals surface area contributed by atoms with E-state index < -0.39 is 0 Å². The van der Waals surface area contributed by atoms with E-state index in [1.54, 1.807) is 12.1 Å². The molecule has 0 aromatic heterocycles. The van der Waals surface area contributed by atoms with Crippen molar-refractivity contribution in [2.75, 3.05) is 24.8 Å². The lowest BCUT2D eigenvalue weighted by atomic mass is 10.1. The smallest absolute Gasteiger partial charge is 0.251 e. The molecule has 0 fully saturated rings. The van der Waals surface area contributed by atoms with Crippen LogP contribution in [0.3, 0.4) is 0 Å². The van der Waals surface area contributed by atoms with Gasteiger partial charge in [0, 0.05) is 36.9 Å². The van der Waals surface area contributed by atoms with Crippen LogP contribution in [0.5, 0.6) is 0 Å². The lowest BCUT2D eigenvalue weighted by molar-refractivity contribution is 0.0957. The van der Waals surface area contributed by atoms with Gasteiger partial charge in [-0.25, -0.2) is 0 Å². The molecule has 0 spiro atoms. The second-order valence-electron chi connectivity index (χ2n) is 7.60. The maximum atomic E-state index is 12.5. The fourth-order valence-electron chi connectivity index (χ4n) is 3.38. The third-order valence-corrected chi connectivity index (χ3v) is 5.45. The van der Waals surface area contributed by atoms with Crippen molar-refractivity contribution < 1.29 is 4.79 Å². The highest BCUT2D eigenvalue weighted by Crippen LogP contribution is 2.30. The minimum Gasteiger partial charge on any atom is -0.394 e. The molecule has 1 aliphatic rings. The van der Waals surface area contributed by atoms with Gasteiger partial charge in [0.1, 0.15) is 0 Å². The summed E-state index contributed by atoms with van der Waals surface area (Å²) < 4.78 is 0. The largest absolute Gasteiger partial charge is 0.394 e. The molecule has 0 unspecified atom stereocenters. The van der Waals surface area contributed by atoms with Crippen LogP contribution in [0.25, 0.3) is 0 Å². The Kier molecular flexibility index (Phi) is 11.4. The fraction of sp³-hybridized carbons (Fsp3) is 0.207. The van der Waals surface area contributed by atoms with Crippen molar-refractivity contribution in [3.05, 3.63) is 126 Å². The van der Waals surface area contributed by atoms with E-state index in [1.807, 2.05) is 88.8 Å². The van der Waals surface area contributed by atoms with Gasteiger partial charge >= 0.3 is 0 Å². The molecule has 5 nitrogen and oxygen atoms in total. The van der Waals surface area contributed by atoms with Gasteiger partial charge in [-0.05, 0) is 80.6 Å². The maximum Gasteiger partial charge on any atom is 0.251 e. The van der Waals surface area contributed by atoms with Gasteiger partial charge in [-0.3, -0.25) is 4.79 Å². The zero-order valence-corrected chi connectivity index (χ0v) is 21.7. The van der Waals surface area contributed by atoms with E-state index in [9.17, 15) is 4.79 Å². The molecule has 0 saturated carbocycles. The summed E-state index contributed by atoms with van der Waals surface area (Å²) in [4.78, 5) is 14.6. The van der Waals surface area contributed by atoms with Crippen molar-refractivity contribution in [1.29, 1.82) is 0 Å². The van der Waals surface area contributed by atoms with Crippen molar-refractivity contribution in [2.24, 2.45) is 0 Å². The first-order valence-corrected chi connectivity index (χ1v) is 12.1. The molecule has 184 valence electrons. The molecule has 35 heavy (non-hydrogen) atoms. The van der Waals surface area contributed by atoms with Gasteiger partial charge in [0.15, 0.2) is 0 Å². The average Bonchev–Trinajstić information content (AvgIpc) is 2.88. The Morgan fingerprint density at radius 3 is 2.43 bits per heavy atom. The molecule has 1 aromatic carbocycles. The topological polar surface area (TPSA) is 56.4 Å². The highest BCUT2D eigenvalue weighted by molar-refractivity contribution is 6.18. The zero-order chi connectivity index (χ0) is 25.6. The van der Waals surface area contributed by atoms with E-state index in [2.05, 4.69) is 39.6 Å². The summed E-state index contributed by atoms with van der Waals surface area (Å²) in [5, 5.41) is 9.39. The van der Waals surface area contributed by atoms with Crippen molar-refractivity contribution >= 4 is 23.2 Å². The molecular weight excluding hydrogens is 456 g/mol. The van der Waals surface area contributed by atoms with E-state index in [0.29, 0.717) is 18.0 Å². The molecule has 1 aromatic rings. The van der Waals surface area contributed by atoms with Gasteiger partial charge < -0.3 is 20.9 Å². The Morgan fingerprint density at radius 2 is 1.83 bits per heavy atom. The third kappa shape index (κ3) is 7.94. The molecule has 0 saturated heterocycles. The van der Waals surface area contributed by atoms with Gasteiger partial charge in [-0.2, -0.15) is 0 Å². The molecule has 0 aliphatic carbocycles. The molecule has 3 N–H and O–H groups in total. The van der Waals surface area contributed by atoms with E-state index >= 15 is 0 Å². The van der Waals surface area contributed by atoms with Gasteiger partial charge in [-0.1, -0.05) is 37.0 Å². The number of allylic oxidation sites excluding steroid dienone is 7. The average molecular weight is 491 g/mol. The molecule has 0 bridgehead atoms. The van der Waals surface area contributed by atoms with E-state index in [4.69, 9.17) is 11.6 Å². The Morgan fingerprint density at radius 1 is 1.09 bits per heavy atom. The first-order chi connectivity index (χ1) is 17.0. The number of carbonyl (C=O) groups excluding carboxylic acids is 1. The van der Waals surface area contributed by atoms with Crippen LogP contribution < -0.4 is 16.0 Å². The maximum absolute atomic E-state index is 12.5. The minimum absolute atomic E-state index is 0.128. The summed E-state index contributed by atoms with van der Waals surface area (Å²) in [7, 11) is 1.87.